The van der Waals surface area contributed by atoms with Gasteiger partial charge in [-0.1, -0.05) is 73.8 Å². The Kier molecular flexibility index (Phi) is 11.6. The van der Waals surface area contributed by atoms with Crippen LogP contribution in [-0.4, -0.2) is 44.3 Å². The number of carbonyl (C=O) groups is 2. The fourth-order valence-corrected chi connectivity index (χ4v) is 6.49. The minimum atomic E-state index is -4.13. The highest BCUT2D eigenvalue weighted by Gasteiger charge is 2.34. The summed E-state index contributed by atoms with van der Waals surface area (Å²) < 4.78 is 29.0. The third kappa shape index (κ3) is 8.47. The van der Waals surface area contributed by atoms with Gasteiger partial charge >= 0.3 is 0 Å². The van der Waals surface area contributed by atoms with Crippen LogP contribution in [0.4, 0.5) is 5.69 Å². The lowest BCUT2D eigenvalue weighted by Gasteiger charge is -2.33. The van der Waals surface area contributed by atoms with Gasteiger partial charge in [0, 0.05) is 23.1 Å². The number of nitrogens with one attached hydrogen (secondary N) is 1. The molecule has 0 aromatic heterocycles. The second-order valence-corrected chi connectivity index (χ2v) is 12.7. The number of hydrogen-bond donors (Lipinski definition) is 1. The van der Waals surface area contributed by atoms with Crippen molar-refractivity contribution in [1.82, 2.24) is 10.2 Å². The largest absolute Gasteiger partial charge is 0.354 e. The summed E-state index contributed by atoms with van der Waals surface area (Å²) in [5.74, 6) is -0.838. The lowest BCUT2D eigenvalue weighted by Crippen LogP contribution is -2.52. The van der Waals surface area contributed by atoms with Crippen LogP contribution in [0.3, 0.4) is 0 Å². The lowest BCUT2D eigenvalue weighted by atomic mass is 10.1. The maximum atomic E-state index is 14.2. The van der Waals surface area contributed by atoms with Crippen LogP contribution >= 0.6 is 23.2 Å². The highest BCUT2D eigenvalue weighted by atomic mass is 35.5. The summed E-state index contributed by atoms with van der Waals surface area (Å²) in [5.41, 5.74) is 2.66. The summed E-state index contributed by atoms with van der Waals surface area (Å²) >= 11 is 12.6. The third-order valence-corrected chi connectivity index (χ3v) is 9.05. The first-order valence-corrected chi connectivity index (χ1v) is 15.8. The van der Waals surface area contributed by atoms with Gasteiger partial charge in [-0.05, 0) is 79.8 Å². The lowest BCUT2D eigenvalue weighted by molar-refractivity contribution is -0.140. The number of aryl methyl sites for hydroxylation is 2. The second kappa shape index (κ2) is 14.7. The normalized spacial score (nSPS) is 12.0. The highest BCUT2D eigenvalue weighted by molar-refractivity contribution is 7.92. The highest BCUT2D eigenvalue weighted by Crippen LogP contribution is 2.28. The van der Waals surface area contributed by atoms with Gasteiger partial charge in [-0.15, -0.1) is 0 Å². The molecular formula is C31H37Cl2N3O4S. The Labute approximate surface area is 253 Å². The maximum Gasteiger partial charge on any atom is 0.264 e. The molecule has 3 aromatic rings. The number of rotatable bonds is 13. The van der Waals surface area contributed by atoms with Gasteiger partial charge in [-0.3, -0.25) is 13.9 Å². The first-order valence-electron chi connectivity index (χ1n) is 13.6. The van der Waals surface area contributed by atoms with E-state index in [1.807, 2.05) is 33.8 Å². The van der Waals surface area contributed by atoms with E-state index in [1.165, 1.54) is 17.0 Å². The average molecular weight is 619 g/mol. The van der Waals surface area contributed by atoms with Crippen LogP contribution in [0.2, 0.25) is 10.0 Å². The van der Waals surface area contributed by atoms with Crippen LogP contribution in [0.15, 0.2) is 71.6 Å². The molecule has 10 heteroatoms. The van der Waals surface area contributed by atoms with Crippen molar-refractivity contribution >= 4 is 50.7 Å². The average Bonchev–Trinajstić information content (AvgIpc) is 2.92. The van der Waals surface area contributed by atoms with Crippen molar-refractivity contribution in [3.05, 3.63) is 93.5 Å². The molecule has 7 nitrogen and oxygen atoms in total. The van der Waals surface area contributed by atoms with Crippen molar-refractivity contribution < 1.29 is 18.0 Å². The van der Waals surface area contributed by atoms with E-state index in [2.05, 4.69) is 5.32 Å². The Morgan fingerprint density at radius 2 is 1.59 bits per heavy atom. The number of hydrogen-bond acceptors (Lipinski definition) is 4. The molecule has 0 aliphatic rings. The smallest absolute Gasteiger partial charge is 0.264 e. The monoisotopic (exact) mass is 617 g/mol. The van der Waals surface area contributed by atoms with E-state index >= 15 is 0 Å². The number of carbonyl (C=O) groups excluding carboxylic acids is 2. The Morgan fingerprint density at radius 3 is 2.17 bits per heavy atom. The summed E-state index contributed by atoms with van der Waals surface area (Å²) in [4.78, 5) is 28.9. The molecule has 1 N–H and O–H groups in total. The van der Waals surface area contributed by atoms with E-state index in [4.69, 9.17) is 23.2 Å². The van der Waals surface area contributed by atoms with E-state index in [0.717, 1.165) is 28.3 Å². The van der Waals surface area contributed by atoms with Gasteiger partial charge in [-0.2, -0.15) is 0 Å². The number of halogens is 2. The number of amides is 2. The fourth-order valence-electron chi connectivity index (χ4n) is 4.60. The molecule has 3 aromatic carbocycles. The van der Waals surface area contributed by atoms with Crippen LogP contribution < -0.4 is 9.62 Å². The van der Waals surface area contributed by atoms with E-state index < -0.39 is 28.5 Å². The van der Waals surface area contributed by atoms with Crippen LogP contribution in [0.5, 0.6) is 0 Å². The molecule has 3 rings (SSSR count). The Balaban J connectivity index is 2.08. The zero-order valence-electron chi connectivity index (χ0n) is 23.9. The van der Waals surface area contributed by atoms with Crippen molar-refractivity contribution in [2.75, 3.05) is 17.4 Å². The standard InChI is InChI=1S/C31H37Cl2N3O4S/c1-5-7-15-34-31(38)29(6-2)35(20-24-13-14-25(32)19-28(24)33)30(37)21-36(26-17-22(3)16-23(4)18-26)41(39,40)27-11-9-8-10-12-27/h8-14,16-19,29H,5-7,15,20-21H2,1-4H3,(H,34,38)/t29-/m0/s1. The number of benzene rings is 3. The molecule has 0 heterocycles. The molecule has 0 bridgehead atoms. The summed E-state index contributed by atoms with van der Waals surface area (Å²) in [6.07, 6.45) is 2.03. The maximum absolute atomic E-state index is 14.2. The van der Waals surface area contributed by atoms with Gasteiger partial charge in [0.05, 0.1) is 10.6 Å². The van der Waals surface area contributed by atoms with E-state index in [-0.39, 0.29) is 17.3 Å². The number of sulfonamides is 1. The third-order valence-electron chi connectivity index (χ3n) is 6.68. The van der Waals surface area contributed by atoms with Gasteiger partial charge in [-0.25, -0.2) is 8.42 Å². The summed E-state index contributed by atoms with van der Waals surface area (Å²) in [7, 11) is -4.13. The van der Waals surface area contributed by atoms with Gasteiger partial charge in [0.2, 0.25) is 11.8 Å². The molecule has 1 atom stereocenters. The van der Waals surface area contributed by atoms with Crippen molar-refractivity contribution in [3.8, 4) is 0 Å². The second-order valence-electron chi connectivity index (χ2n) is 10.00. The summed E-state index contributed by atoms with van der Waals surface area (Å²) in [6.45, 7) is 7.55. The molecule has 0 aliphatic carbocycles. The Bertz CT molecular complexity index is 1450. The molecular weight excluding hydrogens is 581 g/mol. The van der Waals surface area contributed by atoms with Crippen molar-refractivity contribution in [3.63, 3.8) is 0 Å². The van der Waals surface area contributed by atoms with Gasteiger partial charge in [0.25, 0.3) is 10.0 Å². The zero-order valence-corrected chi connectivity index (χ0v) is 26.2. The van der Waals surface area contributed by atoms with E-state index in [9.17, 15) is 18.0 Å². The zero-order chi connectivity index (χ0) is 30.2. The van der Waals surface area contributed by atoms with Gasteiger partial charge in [0.15, 0.2) is 0 Å². The summed E-state index contributed by atoms with van der Waals surface area (Å²) in [5, 5.41) is 3.70. The minimum Gasteiger partial charge on any atom is -0.354 e. The molecule has 0 saturated carbocycles. The van der Waals surface area contributed by atoms with Crippen LogP contribution in [-0.2, 0) is 26.2 Å². The van der Waals surface area contributed by atoms with Crippen molar-refractivity contribution in [2.24, 2.45) is 0 Å². The van der Waals surface area contributed by atoms with Crippen molar-refractivity contribution in [2.45, 2.75) is 64.4 Å². The Morgan fingerprint density at radius 1 is 0.927 bits per heavy atom. The molecule has 0 saturated heterocycles. The van der Waals surface area contributed by atoms with Gasteiger partial charge in [0.1, 0.15) is 12.6 Å². The molecule has 220 valence electrons. The SMILES string of the molecule is CCCCNC(=O)[C@H](CC)N(Cc1ccc(Cl)cc1Cl)C(=O)CN(c1cc(C)cc(C)c1)S(=O)(=O)c1ccccc1. The number of nitrogens with zero attached hydrogens (tertiary/aromatic N) is 2. The molecule has 0 radical (unpaired) electrons. The predicted octanol–water partition coefficient (Wildman–Crippen LogP) is 6.53. The van der Waals surface area contributed by atoms with Crippen molar-refractivity contribution in [1.29, 1.82) is 0 Å². The van der Waals surface area contributed by atoms with E-state index in [0.29, 0.717) is 34.3 Å². The molecule has 0 fully saturated rings. The number of anilines is 1. The fraction of sp³-hybridized carbons (Fsp3) is 0.355. The summed E-state index contributed by atoms with van der Waals surface area (Å²) in [6, 6.07) is 17.5. The molecule has 0 spiro atoms. The quantitative estimate of drug-likeness (QED) is 0.221. The van der Waals surface area contributed by atoms with Crippen LogP contribution in [0.1, 0.15) is 49.8 Å². The molecule has 2 amide bonds. The van der Waals surface area contributed by atoms with Crippen LogP contribution in [0, 0.1) is 13.8 Å². The van der Waals surface area contributed by atoms with E-state index in [1.54, 1.807) is 48.5 Å². The minimum absolute atomic E-state index is 0.000605. The predicted molar refractivity (Wildman–Crippen MR) is 166 cm³/mol. The first-order chi connectivity index (χ1) is 19.5. The molecule has 41 heavy (non-hydrogen) atoms. The number of unbranched alkanes of at least 4 members (excludes halogenated alkanes) is 1. The first kappa shape index (κ1) is 32.4. The Hall–Kier alpha value is -3.07. The van der Waals surface area contributed by atoms with Crippen LogP contribution in [0.25, 0.3) is 0 Å². The topological polar surface area (TPSA) is 86.8 Å². The molecule has 0 aliphatic heterocycles. The van der Waals surface area contributed by atoms with Gasteiger partial charge < -0.3 is 10.2 Å². The molecule has 0 unspecified atom stereocenters.